The van der Waals surface area contributed by atoms with E-state index in [0.29, 0.717) is 6.42 Å². The zero-order valence-corrected chi connectivity index (χ0v) is 15.6. The highest BCUT2D eigenvalue weighted by molar-refractivity contribution is 6.03. The van der Waals surface area contributed by atoms with Gasteiger partial charge in [0, 0.05) is 38.3 Å². The van der Waals surface area contributed by atoms with Crippen LogP contribution in [-0.4, -0.2) is 32.5 Å². The van der Waals surface area contributed by atoms with Crippen LogP contribution in [0.2, 0.25) is 0 Å². The molecule has 0 saturated carbocycles. The van der Waals surface area contributed by atoms with Gasteiger partial charge in [-0.1, -0.05) is 18.2 Å². The van der Waals surface area contributed by atoms with Gasteiger partial charge in [-0.15, -0.1) is 0 Å². The number of nitrogens with zero attached hydrogens (tertiary/aromatic N) is 4. The van der Waals surface area contributed by atoms with E-state index < -0.39 is 0 Å². The molecule has 2 heterocycles. The third-order valence-corrected chi connectivity index (χ3v) is 4.65. The maximum Gasteiger partial charge on any atom is 0.240 e. The van der Waals surface area contributed by atoms with Crippen LogP contribution in [-0.2, 0) is 9.59 Å². The molecule has 7 nitrogen and oxygen atoms in total. The number of hydrogen-bond donors (Lipinski definition) is 1. The lowest BCUT2D eigenvalue weighted by molar-refractivity contribution is -0.130. The van der Waals surface area contributed by atoms with E-state index in [1.807, 2.05) is 42.5 Å². The first-order chi connectivity index (χ1) is 13.5. The third kappa shape index (κ3) is 3.46. The first kappa shape index (κ1) is 17.8. The van der Waals surface area contributed by atoms with Gasteiger partial charge in [0.25, 0.3) is 0 Å². The Labute approximate surface area is 162 Å². The fraction of sp³-hybridized carbons (Fsp3) is 0.190. The Bertz CT molecular complexity index is 1090. The van der Waals surface area contributed by atoms with Crippen LogP contribution >= 0.6 is 0 Å². The topological polar surface area (TPSA) is 87.5 Å². The second-order valence-electron chi connectivity index (χ2n) is 6.69. The van der Waals surface area contributed by atoms with Gasteiger partial charge < -0.3 is 5.32 Å². The molecule has 0 spiro atoms. The largest absolute Gasteiger partial charge is 0.326 e. The molecule has 7 heteroatoms. The number of nitrogens with one attached hydrogen (secondary N) is 1. The Hall–Kier alpha value is -3.61. The monoisotopic (exact) mass is 373 g/mol. The van der Waals surface area contributed by atoms with E-state index in [4.69, 9.17) is 0 Å². The summed E-state index contributed by atoms with van der Waals surface area (Å²) in [6.07, 6.45) is 3.91. The summed E-state index contributed by atoms with van der Waals surface area (Å²) in [5, 5.41) is 8.83. The molecule has 0 fully saturated rings. The van der Waals surface area contributed by atoms with Crippen molar-refractivity contribution in [2.75, 3.05) is 5.32 Å². The van der Waals surface area contributed by atoms with E-state index in [2.05, 4.69) is 20.4 Å². The molecule has 28 heavy (non-hydrogen) atoms. The Morgan fingerprint density at radius 3 is 2.39 bits per heavy atom. The van der Waals surface area contributed by atoms with Gasteiger partial charge in [0.2, 0.25) is 11.8 Å². The summed E-state index contributed by atoms with van der Waals surface area (Å²) in [6.45, 7) is 2.98. The number of aromatic nitrogens is 2. The number of carbonyl (C=O) groups is 2. The molecule has 4 rings (SSSR count). The van der Waals surface area contributed by atoms with Crippen molar-refractivity contribution in [1.29, 1.82) is 0 Å². The second kappa shape index (κ2) is 7.19. The van der Waals surface area contributed by atoms with E-state index >= 15 is 0 Å². The van der Waals surface area contributed by atoms with Crippen LogP contribution in [0.1, 0.15) is 37.4 Å². The second-order valence-corrected chi connectivity index (χ2v) is 6.69. The first-order valence-corrected chi connectivity index (χ1v) is 8.97. The van der Waals surface area contributed by atoms with Crippen LogP contribution in [0.25, 0.3) is 11.0 Å². The molecule has 0 radical (unpaired) electrons. The lowest BCUT2D eigenvalue weighted by atomic mass is 9.98. The predicted octanol–water partition coefficient (Wildman–Crippen LogP) is 3.29. The standard InChI is InChI=1S/C21H19N5O2/c1-13(27)24-17-6-3-15(4-7-17)19-12-21(26(25-19)14(2)28)16-5-8-18-20(11-16)23-10-9-22-18/h3-11,21H,12H2,1-2H3,(H,24,27). The van der Waals surface area contributed by atoms with Gasteiger partial charge in [-0.2, -0.15) is 5.10 Å². The zero-order valence-electron chi connectivity index (χ0n) is 15.6. The highest BCUT2D eigenvalue weighted by Crippen LogP contribution is 2.33. The molecule has 1 aromatic heterocycles. The van der Waals surface area contributed by atoms with Crippen molar-refractivity contribution in [2.45, 2.75) is 26.3 Å². The summed E-state index contributed by atoms with van der Waals surface area (Å²) in [6, 6.07) is 13.1. The van der Waals surface area contributed by atoms with E-state index in [0.717, 1.165) is 33.6 Å². The fourth-order valence-corrected chi connectivity index (χ4v) is 3.37. The lowest BCUT2D eigenvalue weighted by Gasteiger charge is -2.20. The van der Waals surface area contributed by atoms with Gasteiger partial charge in [0.1, 0.15) is 0 Å². The minimum absolute atomic E-state index is 0.117. The van der Waals surface area contributed by atoms with E-state index in [1.54, 1.807) is 12.4 Å². The number of benzene rings is 2. The van der Waals surface area contributed by atoms with Crippen LogP contribution < -0.4 is 5.32 Å². The highest BCUT2D eigenvalue weighted by Gasteiger charge is 2.31. The van der Waals surface area contributed by atoms with Crippen molar-refractivity contribution in [2.24, 2.45) is 5.10 Å². The predicted molar refractivity (Wildman–Crippen MR) is 107 cm³/mol. The van der Waals surface area contributed by atoms with Crippen LogP contribution in [0.3, 0.4) is 0 Å². The Balaban J connectivity index is 1.63. The average molecular weight is 373 g/mol. The number of amides is 2. The van der Waals surface area contributed by atoms with Crippen molar-refractivity contribution in [3.05, 3.63) is 66.0 Å². The van der Waals surface area contributed by atoms with E-state index in [9.17, 15) is 9.59 Å². The molecule has 1 unspecified atom stereocenters. The van der Waals surface area contributed by atoms with E-state index in [-0.39, 0.29) is 17.9 Å². The van der Waals surface area contributed by atoms with Crippen molar-refractivity contribution >= 4 is 34.2 Å². The van der Waals surface area contributed by atoms with Gasteiger partial charge in [-0.25, -0.2) is 5.01 Å². The molecule has 0 saturated heterocycles. The molecule has 1 atom stereocenters. The first-order valence-electron chi connectivity index (χ1n) is 8.97. The summed E-state index contributed by atoms with van der Waals surface area (Å²) in [4.78, 5) is 32.0. The Morgan fingerprint density at radius 1 is 1.00 bits per heavy atom. The fourth-order valence-electron chi connectivity index (χ4n) is 3.37. The molecule has 1 aliphatic heterocycles. The molecule has 1 N–H and O–H groups in total. The molecule has 2 amide bonds. The number of anilines is 1. The van der Waals surface area contributed by atoms with Crippen LogP contribution in [0.15, 0.2) is 60.0 Å². The zero-order chi connectivity index (χ0) is 19.7. The molecule has 2 aromatic carbocycles. The number of rotatable bonds is 3. The highest BCUT2D eigenvalue weighted by atomic mass is 16.2. The average Bonchev–Trinajstić information content (AvgIpc) is 3.13. The van der Waals surface area contributed by atoms with E-state index in [1.165, 1.54) is 18.9 Å². The van der Waals surface area contributed by atoms with Gasteiger partial charge in [-0.05, 0) is 35.4 Å². The Morgan fingerprint density at radius 2 is 1.71 bits per heavy atom. The third-order valence-electron chi connectivity index (χ3n) is 4.65. The molecule has 140 valence electrons. The minimum Gasteiger partial charge on any atom is -0.326 e. The molecule has 0 aliphatic carbocycles. The van der Waals surface area contributed by atoms with Gasteiger partial charge >= 0.3 is 0 Å². The normalized spacial score (nSPS) is 16.1. The Kier molecular flexibility index (Phi) is 4.57. The summed E-state index contributed by atoms with van der Waals surface area (Å²) >= 11 is 0. The number of carbonyl (C=O) groups excluding carboxylic acids is 2. The van der Waals surface area contributed by atoms with Gasteiger partial charge in [0.15, 0.2) is 0 Å². The maximum absolute atomic E-state index is 12.2. The quantitative estimate of drug-likeness (QED) is 0.763. The summed E-state index contributed by atoms with van der Waals surface area (Å²) in [7, 11) is 0. The van der Waals surface area contributed by atoms with Crippen molar-refractivity contribution in [3.8, 4) is 0 Å². The molecular formula is C21H19N5O2. The summed E-state index contributed by atoms with van der Waals surface area (Å²) in [5.41, 5.74) is 5.04. The number of hydrazone groups is 1. The molecule has 1 aliphatic rings. The van der Waals surface area contributed by atoms with Gasteiger partial charge in [-0.3, -0.25) is 19.6 Å². The van der Waals surface area contributed by atoms with Crippen LogP contribution in [0.4, 0.5) is 5.69 Å². The SMILES string of the molecule is CC(=O)Nc1ccc(C2=NN(C(C)=O)C(c3ccc4nccnc4c3)C2)cc1. The lowest BCUT2D eigenvalue weighted by Crippen LogP contribution is -2.24. The van der Waals surface area contributed by atoms with Crippen LogP contribution in [0, 0.1) is 0 Å². The summed E-state index contributed by atoms with van der Waals surface area (Å²) in [5.74, 6) is -0.234. The van der Waals surface area contributed by atoms with Gasteiger partial charge in [0.05, 0.1) is 22.8 Å². The summed E-state index contributed by atoms with van der Waals surface area (Å²) < 4.78 is 0. The van der Waals surface area contributed by atoms with Crippen molar-refractivity contribution in [3.63, 3.8) is 0 Å². The molecule has 3 aromatic rings. The minimum atomic E-state index is -0.186. The number of hydrogen-bond acceptors (Lipinski definition) is 5. The smallest absolute Gasteiger partial charge is 0.240 e. The number of fused-ring (bicyclic) bond motifs is 1. The van der Waals surface area contributed by atoms with Crippen LogP contribution in [0.5, 0.6) is 0 Å². The van der Waals surface area contributed by atoms with Crippen molar-refractivity contribution < 1.29 is 9.59 Å². The van der Waals surface area contributed by atoms with Crippen molar-refractivity contribution in [1.82, 2.24) is 15.0 Å². The molecular weight excluding hydrogens is 354 g/mol. The molecule has 0 bridgehead atoms. The maximum atomic E-state index is 12.2.